The summed E-state index contributed by atoms with van der Waals surface area (Å²) in [5.41, 5.74) is 2.84. The molecule has 6 heteroatoms. The molecule has 3 aromatic carbocycles. The number of ether oxygens (including phenoxy) is 1. The summed E-state index contributed by atoms with van der Waals surface area (Å²) < 4.78 is 19.5. The number of hydrogen-bond donors (Lipinski definition) is 1. The standard InChI is InChI=1S/C32H39FN2O3/c1-6-23(2)34-31(37)29(20-24-10-8-7-9-11-24)35(21-25-12-16-27(33)17-13-25)30(36)22-38-28-18-14-26(15-19-28)32(3,4)5/h7-19,23,29H,6,20-22H2,1-5H3,(H,34,37)/t23-,29-/m1/s1. The van der Waals surface area contributed by atoms with E-state index in [1.54, 1.807) is 17.0 Å². The van der Waals surface area contributed by atoms with E-state index in [0.29, 0.717) is 12.2 Å². The van der Waals surface area contributed by atoms with Crippen molar-refractivity contribution in [1.29, 1.82) is 0 Å². The van der Waals surface area contributed by atoms with Crippen molar-refractivity contribution in [3.63, 3.8) is 0 Å². The maximum absolute atomic E-state index is 13.7. The largest absolute Gasteiger partial charge is 0.484 e. The van der Waals surface area contributed by atoms with Crippen LogP contribution in [0.5, 0.6) is 5.75 Å². The van der Waals surface area contributed by atoms with Crippen LogP contribution in [0.4, 0.5) is 4.39 Å². The summed E-state index contributed by atoms with van der Waals surface area (Å²) >= 11 is 0. The molecule has 0 aromatic heterocycles. The second kappa shape index (κ2) is 13.2. The van der Waals surface area contributed by atoms with Crippen LogP contribution in [0.3, 0.4) is 0 Å². The van der Waals surface area contributed by atoms with Crippen molar-refractivity contribution in [1.82, 2.24) is 10.2 Å². The van der Waals surface area contributed by atoms with Gasteiger partial charge in [-0.15, -0.1) is 0 Å². The molecule has 0 unspecified atom stereocenters. The normalized spacial score (nSPS) is 12.9. The van der Waals surface area contributed by atoms with Crippen LogP contribution >= 0.6 is 0 Å². The van der Waals surface area contributed by atoms with Crippen molar-refractivity contribution in [3.8, 4) is 5.75 Å². The van der Waals surface area contributed by atoms with Crippen molar-refractivity contribution in [2.45, 2.75) is 71.5 Å². The lowest BCUT2D eigenvalue weighted by Crippen LogP contribution is -2.53. The number of amides is 2. The molecule has 38 heavy (non-hydrogen) atoms. The summed E-state index contributed by atoms with van der Waals surface area (Å²) in [5, 5.41) is 3.04. The van der Waals surface area contributed by atoms with Crippen molar-refractivity contribution < 1.29 is 18.7 Å². The van der Waals surface area contributed by atoms with Crippen LogP contribution < -0.4 is 10.1 Å². The highest BCUT2D eigenvalue weighted by molar-refractivity contribution is 5.88. The Kier molecular flexibility index (Phi) is 10.1. The fourth-order valence-corrected chi connectivity index (χ4v) is 4.06. The lowest BCUT2D eigenvalue weighted by molar-refractivity contribution is -0.143. The highest BCUT2D eigenvalue weighted by Gasteiger charge is 2.31. The van der Waals surface area contributed by atoms with E-state index >= 15 is 0 Å². The van der Waals surface area contributed by atoms with Gasteiger partial charge in [0.25, 0.3) is 5.91 Å². The summed E-state index contributed by atoms with van der Waals surface area (Å²) in [5.74, 6) is -0.330. The molecular weight excluding hydrogens is 479 g/mol. The van der Waals surface area contributed by atoms with Crippen LogP contribution in [0.1, 0.15) is 57.7 Å². The second-order valence-corrected chi connectivity index (χ2v) is 10.7. The maximum atomic E-state index is 13.7. The number of nitrogens with zero attached hydrogens (tertiary/aromatic N) is 1. The zero-order valence-corrected chi connectivity index (χ0v) is 23.0. The first-order valence-electron chi connectivity index (χ1n) is 13.2. The Morgan fingerprint density at radius 2 is 1.55 bits per heavy atom. The average Bonchev–Trinajstić information content (AvgIpc) is 2.90. The van der Waals surface area contributed by atoms with Gasteiger partial charge in [-0.05, 0) is 59.7 Å². The lowest BCUT2D eigenvalue weighted by Gasteiger charge is -2.32. The fraction of sp³-hybridized carbons (Fsp3) is 0.375. The van der Waals surface area contributed by atoms with Crippen molar-refractivity contribution in [2.75, 3.05) is 6.61 Å². The Morgan fingerprint density at radius 3 is 2.13 bits per heavy atom. The minimum absolute atomic E-state index is 0.00789. The second-order valence-electron chi connectivity index (χ2n) is 10.7. The molecule has 0 spiro atoms. The van der Waals surface area contributed by atoms with Crippen molar-refractivity contribution in [3.05, 3.63) is 101 Å². The van der Waals surface area contributed by atoms with Crippen LogP contribution in [0.15, 0.2) is 78.9 Å². The number of carbonyl (C=O) groups is 2. The van der Waals surface area contributed by atoms with E-state index in [1.807, 2.05) is 68.4 Å². The molecule has 3 rings (SSSR count). The Labute approximate surface area is 226 Å². The number of benzene rings is 3. The van der Waals surface area contributed by atoms with Gasteiger partial charge in [0.2, 0.25) is 5.91 Å². The minimum Gasteiger partial charge on any atom is -0.484 e. The Hall–Kier alpha value is -3.67. The number of hydrogen-bond acceptors (Lipinski definition) is 3. The van der Waals surface area contributed by atoms with Gasteiger partial charge in [0, 0.05) is 19.0 Å². The van der Waals surface area contributed by atoms with Crippen molar-refractivity contribution >= 4 is 11.8 Å². The molecule has 3 aromatic rings. The smallest absolute Gasteiger partial charge is 0.261 e. The van der Waals surface area contributed by atoms with Gasteiger partial charge in [-0.2, -0.15) is 0 Å². The number of halogens is 1. The average molecular weight is 519 g/mol. The first kappa shape index (κ1) is 28.9. The van der Waals surface area contributed by atoms with Gasteiger partial charge < -0.3 is 15.0 Å². The number of rotatable bonds is 11. The van der Waals surface area contributed by atoms with E-state index in [4.69, 9.17) is 4.74 Å². The highest BCUT2D eigenvalue weighted by atomic mass is 19.1. The summed E-state index contributed by atoms with van der Waals surface area (Å²) in [4.78, 5) is 28.7. The van der Waals surface area contributed by atoms with E-state index in [9.17, 15) is 14.0 Å². The third-order valence-electron chi connectivity index (χ3n) is 6.62. The molecule has 0 aliphatic carbocycles. The summed E-state index contributed by atoms with van der Waals surface area (Å²) in [7, 11) is 0. The van der Waals surface area contributed by atoms with E-state index in [0.717, 1.165) is 17.5 Å². The fourth-order valence-electron chi connectivity index (χ4n) is 4.06. The SMILES string of the molecule is CC[C@@H](C)NC(=O)[C@@H](Cc1ccccc1)N(Cc1ccc(F)cc1)C(=O)COc1ccc(C(C)(C)C)cc1. The van der Waals surface area contributed by atoms with Gasteiger partial charge in [-0.1, -0.05) is 82.3 Å². The van der Waals surface area contributed by atoms with Gasteiger partial charge in [0.15, 0.2) is 6.61 Å². The van der Waals surface area contributed by atoms with Gasteiger partial charge in [-0.3, -0.25) is 9.59 Å². The van der Waals surface area contributed by atoms with Crippen molar-refractivity contribution in [2.24, 2.45) is 0 Å². The summed E-state index contributed by atoms with van der Waals surface area (Å²) in [6, 6.07) is 22.5. The predicted molar refractivity (Wildman–Crippen MR) is 149 cm³/mol. The Morgan fingerprint density at radius 1 is 0.921 bits per heavy atom. The Balaban J connectivity index is 1.88. The number of nitrogens with one attached hydrogen (secondary N) is 1. The topological polar surface area (TPSA) is 58.6 Å². The van der Waals surface area contributed by atoms with E-state index in [2.05, 4.69) is 26.1 Å². The molecule has 2 amide bonds. The van der Waals surface area contributed by atoms with Gasteiger partial charge in [0.1, 0.15) is 17.6 Å². The van der Waals surface area contributed by atoms with Crippen LogP contribution in [-0.2, 0) is 28.0 Å². The monoisotopic (exact) mass is 518 g/mol. The van der Waals surface area contributed by atoms with Crippen LogP contribution in [-0.4, -0.2) is 35.4 Å². The first-order valence-corrected chi connectivity index (χ1v) is 13.2. The molecule has 1 N–H and O–H groups in total. The Bertz CT molecular complexity index is 1170. The minimum atomic E-state index is -0.768. The molecular formula is C32H39FN2O3. The zero-order chi connectivity index (χ0) is 27.7. The van der Waals surface area contributed by atoms with E-state index in [1.165, 1.54) is 17.7 Å². The molecule has 5 nitrogen and oxygen atoms in total. The third-order valence-corrected chi connectivity index (χ3v) is 6.62. The van der Waals surface area contributed by atoms with Gasteiger partial charge >= 0.3 is 0 Å². The molecule has 0 aliphatic rings. The van der Waals surface area contributed by atoms with Gasteiger partial charge in [-0.25, -0.2) is 4.39 Å². The third kappa shape index (κ3) is 8.44. The summed E-state index contributed by atoms with van der Waals surface area (Å²) in [6.07, 6.45) is 1.11. The molecule has 0 radical (unpaired) electrons. The van der Waals surface area contributed by atoms with Crippen LogP contribution in [0.2, 0.25) is 0 Å². The molecule has 0 aliphatic heterocycles. The highest BCUT2D eigenvalue weighted by Crippen LogP contribution is 2.24. The molecule has 2 atom stereocenters. The quantitative estimate of drug-likeness (QED) is 0.336. The van der Waals surface area contributed by atoms with E-state index in [-0.39, 0.29) is 42.2 Å². The molecule has 0 saturated carbocycles. The van der Waals surface area contributed by atoms with E-state index < -0.39 is 6.04 Å². The molecule has 202 valence electrons. The predicted octanol–water partition coefficient (Wildman–Crippen LogP) is 6.06. The van der Waals surface area contributed by atoms with Crippen LogP contribution in [0, 0.1) is 5.82 Å². The molecule has 0 saturated heterocycles. The zero-order valence-electron chi connectivity index (χ0n) is 23.0. The molecule has 0 fully saturated rings. The molecule has 0 heterocycles. The first-order chi connectivity index (χ1) is 18.1. The number of carbonyl (C=O) groups excluding carboxylic acids is 2. The maximum Gasteiger partial charge on any atom is 0.261 e. The lowest BCUT2D eigenvalue weighted by atomic mass is 9.87. The summed E-state index contributed by atoms with van der Waals surface area (Å²) in [6.45, 7) is 10.3. The van der Waals surface area contributed by atoms with Gasteiger partial charge in [0.05, 0.1) is 0 Å². The van der Waals surface area contributed by atoms with Crippen LogP contribution in [0.25, 0.3) is 0 Å². The molecule has 0 bridgehead atoms.